The van der Waals surface area contributed by atoms with Gasteiger partial charge in [-0.1, -0.05) is 0 Å². The van der Waals surface area contributed by atoms with Crippen molar-refractivity contribution < 1.29 is 92.6 Å². The summed E-state index contributed by atoms with van der Waals surface area (Å²) in [5.41, 5.74) is 0. The summed E-state index contributed by atoms with van der Waals surface area (Å²) in [6, 6.07) is 0. The summed E-state index contributed by atoms with van der Waals surface area (Å²) < 4.78 is 235. The smallest absolute Gasteiger partial charge is 0.373 e. The Morgan fingerprint density at radius 3 is 0.848 bits per heavy atom. The van der Waals surface area contributed by atoms with Crippen molar-refractivity contribution in [1.29, 1.82) is 0 Å². The van der Waals surface area contributed by atoms with Gasteiger partial charge in [0, 0.05) is 0 Å². The molecule has 33 heavy (non-hydrogen) atoms. The average molecular weight is 558 g/mol. The van der Waals surface area contributed by atoms with Gasteiger partial charge in [0.05, 0.1) is 6.23 Å². The maximum absolute atomic E-state index is 12.6. The largest absolute Gasteiger partial charge is 0.423 e. The molecule has 22 heteroatoms. The Balaban J connectivity index is 6.44. The number of rotatable bonds is 7. The lowest BCUT2D eigenvalue weighted by Crippen LogP contribution is -2.61. The zero-order valence-corrected chi connectivity index (χ0v) is 16.0. The normalized spacial score (nSPS) is 15.8. The molecule has 0 spiro atoms. The molecule has 0 radical (unpaired) electrons. The highest BCUT2D eigenvalue weighted by molar-refractivity contribution is 6.66. The third-order valence-electron chi connectivity index (χ3n) is 3.03. The van der Waals surface area contributed by atoms with Crippen LogP contribution < -0.4 is 0 Å². The van der Waals surface area contributed by atoms with E-state index < -0.39 is 76.7 Å². The van der Waals surface area contributed by atoms with Gasteiger partial charge >= 0.3 is 45.6 Å². The Hall–Kier alpha value is -1.16. The monoisotopic (exact) mass is 558 g/mol. The van der Waals surface area contributed by atoms with Crippen molar-refractivity contribution in [3.8, 4) is 0 Å². The van der Waals surface area contributed by atoms with E-state index in [9.17, 15) is 79.0 Å². The van der Waals surface area contributed by atoms with E-state index in [0.29, 0.717) is 0 Å². The van der Waals surface area contributed by atoms with Crippen molar-refractivity contribution in [2.24, 2.45) is 0 Å². The van der Waals surface area contributed by atoms with Crippen LogP contribution in [0.2, 0.25) is 6.55 Å². The molecule has 0 aromatic rings. The van der Waals surface area contributed by atoms with Gasteiger partial charge in [0.2, 0.25) is 18.3 Å². The van der Waals surface area contributed by atoms with Crippen LogP contribution in [0.4, 0.5) is 79.0 Å². The van der Waals surface area contributed by atoms with E-state index in [1.807, 2.05) is 0 Å². The zero-order valence-electron chi connectivity index (χ0n) is 15.0. The highest BCUT2D eigenvalue weighted by Crippen LogP contribution is 2.42. The number of hydrogen-bond donors (Lipinski definition) is 0. The summed E-state index contributed by atoms with van der Waals surface area (Å²) in [5.74, 6) is 0. The fraction of sp³-hybridized carbons (Fsp3) is 1.00. The predicted molar refractivity (Wildman–Crippen MR) is 67.4 cm³/mol. The Bertz CT molecular complexity index is 549. The van der Waals surface area contributed by atoms with E-state index in [1.54, 1.807) is 0 Å². The summed E-state index contributed by atoms with van der Waals surface area (Å²) in [5, 5.41) is 0. The summed E-state index contributed by atoms with van der Waals surface area (Å²) in [4.78, 5) is 0. The van der Waals surface area contributed by atoms with E-state index >= 15 is 0 Å². The van der Waals surface area contributed by atoms with E-state index in [0.717, 1.165) is 0 Å². The quantitative estimate of drug-likeness (QED) is 0.278. The van der Waals surface area contributed by atoms with E-state index in [4.69, 9.17) is 0 Å². The molecular formula is C11H8F18O3Si. The number of ether oxygens (including phenoxy) is 1. The van der Waals surface area contributed by atoms with Crippen molar-refractivity contribution in [2.45, 2.75) is 61.9 Å². The second-order valence-corrected chi connectivity index (χ2v) is 9.10. The molecule has 0 aliphatic heterocycles. The molecule has 0 aliphatic rings. The Morgan fingerprint density at radius 2 is 0.667 bits per heavy atom. The molecular weight excluding hydrogens is 550 g/mol. The Kier molecular flexibility index (Phi) is 9.14. The fourth-order valence-electron chi connectivity index (χ4n) is 1.84. The number of hydrogen-bond acceptors (Lipinski definition) is 3. The molecule has 0 bridgehead atoms. The molecule has 0 saturated carbocycles. The Labute approximate surface area is 170 Å². The molecule has 0 aromatic carbocycles. The van der Waals surface area contributed by atoms with Crippen molar-refractivity contribution in [2.75, 3.05) is 6.23 Å². The third kappa shape index (κ3) is 9.92. The van der Waals surface area contributed by atoms with Gasteiger partial charge in [-0.3, -0.25) is 0 Å². The molecule has 0 aliphatic carbocycles. The van der Waals surface area contributed by atoms with Crippen LogP contribution >= 0.6 is 0 Å². The first-order chi connectivity index (χ1) is 14.0. The second kappa shape index (κ2) is 9.47. The number of halogens is 18. The van der Waals surface area contributed by atoms with Crippen molar-refractivity contribution in [1.82, 2.24) is 0 Å². The SMILES string of the molecule is C[Si](COC(C(F)(F)F)C(F)(F)F)(OC(C(F)(F)F)C(F)(F)F)OC(C(F)(F)F)C(F)(F)F. The van der Waals surface area contributed by atoms with Crippen LogP contribution in [0, 0.1) is 0 Å². The Morgan fingerprint density at radius 1 is 0.455 bits per heavy atom. The third-order valence-corrected chi connectivity index (χ3v) is 5.19. The lowest BCUT2D eigenvalue weighted by Gasteiger charge is -2.37. The molecule has 0 saturated heterocycles. The molecule has 0 fully saturated rings. The zero-order chi connectivity index (χ0) is 27.1. The van der Waals surface area contributed by atoms with Crippen LogP contribution in [0.25, 0.3) is 0 Å². The van der Waals surface area contributed by atoms with Crippen LogP contribution in [-0.2, 0) is 13.6 Å². The lowest BCUT2D eigenvalue weighted by molar-refractivity contribution is -0.331. The van der Waals surface area contributed by atoms with Crippen LogP contribution in [0.15, 0.2) is 0 Å². The molecule has 0 N–H and O–H groups in total. The van der Waals surface area contributed by atoms with Crippen LogP contribution in [0.3, 0.4) is 0 Å². The van der Waals surface area contributed by atoms with E-state index in [-0.39, 0.29) is 0 Å². The standard InChI is InChI=1S/C11H8F18O3Si/c1-33(31-4(8(18,19)20)9(21,22)23,32-5(10(24,25)26)11(27,28)29)2-30-3(6(12,13)14)7(15,16)17/h3-5H,2H2,1H3. The van der Waals surface area contributed by atoms with Gasteiger partial charge in [0.15, 0.2) is 0 Å². The molecule has 3 nitrogen and oxygen atoms in total. The molecule has 0 rings (SSSR count). The highest BCUT2D eigenvalue weighted by atomic mass is 28.4. The molecule has 200 valence electrons. The summed E-state index contributed by atoms with van der Waals surface area (Å²) >= 11 is 0. The van der Waals surface area contributed by atoms with Gasteiger partial charge in [-0.25, -0.2) is 0 Å². The van der Waals surface area contributed by atoms with Gasteiger partial charge < -0.3 is 13.6 Å². The van der Waals surface area contributed by atoms with Crippen LogP contribution in [0.1, 0.15) is 0 Å². The number of alkyl halides is 18. The van der Waals surface area contributed by atoms with Crippen molar-refractivity contribution in [3.05, 3.63) is 0 Å². The molecule has 0 heterocycles. The van der Waals surface area contributed by atoms with Gasteiger partial charge in [0.1, 0.15) is 0 Å². The minimum atomic E-state index is -6.64. The van der Waals surface area contributed by atoms with E-state index in [2.05, 4.69) is 13.6 Å². The fourth-order valence-corrected chi connectivity index (χ4v) is 4.03. The average Bonchev–Trinajstić information content (AvgIpc) is 2.43. The first kappa shape index (κ1) is 31.8. The van der Waals surface area contributed by atoms with Gasteiger partial charge in [-0.15, -0.1) is 0 Å². The van der Waals surface area contributed by atoms with Gasteiger partial charge in [0.25, 0.3) is 0 Å². The minimum absolute atomic E-state index is 0.508. The van der Waals surface area contributed by atoms with Crippen LogP contribution in [0.5, 0.6) is 0 Å². The van der Waals surface area contributed by atoms with Crippen LogP contribution in [-0.4, -0.2) is 70.2 Å². The summed E-state index contributed by atoms with van der Waals surface area (Å²) in [6.45, 7) is -0.508. The molecule has 0 atom stereocenters. The molecule has 0 aromatic heterocycles. The predicted octanol–water partition coefficient (Wildman–Crippen LogP) is 6.13. The maximum atomic E-state index is 12.6. The first-order valence-electron chi connectivity index (χ1n) is 7.39. The topological polar surface area (TPSA) is 27.7 Å². The van der Waals surface area contributed by atoms with Gasteiger partial charge in [-0.05, 0) is 6.55 Å². The molecule has 0 unspecified atom stereocenters. The maximum Gasteiger partial charge on any atom is 0.423 e. The molecule has 0 amide bonds. The van der Waals surface area contributed by atoms with E-state index in [1.165, 1.54) is 0 Å². The van der Waals surface area contributed by atoms with Crippen molar-refractivity contribution in [3.63, 3.8) is 0 Å². The lowest BCUT2D eigenvalue weighted by atomic mass is 10.3. The van der Waals surface area contributed by atoms with Crippen molar-refractivity contribution >= 4 is 8.56 Å². The summed E-state index contributed by atoms with van der Waals surface area (Å²) in [6.07, 6.45) is -58.0. The second-order valence-electron chi connectivity index (χ2n) is 6.07. The highest BCUT2D eigenvalue weighted by Gasteiger charge is 2.66. The summed E-state index contributed by atoms with van der Waals surface area (Å²) in [7, 11) is -6.64. The first-order valence-corrected chi connectivity index (χ1v) is 9.91. The van der Waals surface area contributed by atoms with Gasteiger partial charge in [-0.2, -0.15) is 79.0 Å². The minimum Gasteiger partial charge on any atom is -0.373 e.